The fourth-order valence-electron chi connectivity index (χ4n) is 0.914. The van der Waals surface area contributed by atoms with E-state index in [9.17, 15) is 4.79 Å². The quantitative estimate of drug-likeness (QED) is 0.781. The van der Waals surface area contributed by atoms with E-state index in [1.54, 1.807) is 6.20 Å². The van der Waals surface area contributed by atoms with Crippen molar-refractivity contribution in [2.24, 2.45) is 0 Å². The number of anilines is 1. The SMILES string of the molecule is CC(C)OCC(=O)Nc1ncc(C#CCO)s1. The van der Waals surface area contributed by atoms with E-state index in [0.717, 1.165) is 0 Å². The second-order valence-corrected chi connectivity index (χ2v) is 4.43. The van der Waals surface area contributed by atoms with Crippen LogP contribution in [-0.2, 0) is 9.53 Å². The number of amides is 1. The molecule has 0 saturated carbocycles. The van der Waals surface area contributed by atoms with Crippen molar-refractivity contribution in [3.63, 3.8) is 0 Å². The molecule has 0 atom stereocenters. The third-order valence-electron chi connectivity index (χ3n) is 1.59. The normalized spacial score (nSPS) is 9.88. The molecule has 1 aromatic rings. The summed E-state index contributed by atoms with van der Waals surface area (Å²) in [4.78, 5) is 16.1. The second kappa shape index (κ2) is 7.01. The lowest BCUT2D eigenvalue weighted by atomic mass is 10.5. The number of nitrogens with one attached hydrogen (secondary N) is 1. The molecule has 0 saturated heterocycles. The van der Waals surface area contributed by atoms with Crippen LogP contribution in [0.25, 0.3) is 0 Å². The third-order valence-corrected chi connectivity index (χ3v) is 2.42. The predicted octanol–water partition coefficient (Wildman–Crippen LogP) is 0.850. The summed E-state index contributed by atoms with van der Waals surface area (Å²) in [7, 11) is 0. The van der Waals surface area contributed by atoms with Crippen LogP contribution < -0.4 is 5.32 Å². The summed E-state index contributed by atoms with van der Waals surface area (Å²) in [5.41, 5.74) is 0. The molecular weight excluding hydrogens is 240 g/mol. The summed E-state index contributed by atoms with van der Waals surface area (Å²) in [6.07, 6.45) is 1.56. The van der Waals surface area contributed by atoms with Gasteiger partial charge in [-0.1, -0.05) is 23.2 Å². The summed E-state index contributed by atoms with van der Waals surface area (Å²) in [6, 6.07) is 0. The summed E-state index contributed by atoms with van der Waals surface area (Å²) >= 11 is 1.25. The highest BCUT2D eigenvalue weighted by molar-refractivity contribution is 7.16. The minimum Gasteiger partial charge on any atom is -0.384 e. The Bertz CT molecular complexity index is 431. The molecule has 1 rings (SSSR count). The molecule has 0 aliphatic carbocycles. The van der Waals surface area contributed by atoms with Gasteiger partial charge in [-0.25, -0.2) is 4.98 Å². The van der Waals surface area contributed by atoms with Gasteiger partial charge >= 0.3 is 0 Å². The molecule has 1 heterocycles. The molecule has 0 unspecified atom stereocenters. The van der Waals surface area contributed by atoms with Gasteiger partial charge in [0.05, 0.1) is 17.2 Å². The molecule has 17 heavy (non-hydrogen) atoms. The predicted molar refractivity (Wildman–Crippen MR) is 65.8 cm³/mol. The molecule has 0 radical (unpaired) electrons. The first kappa shape index (κ1) is 13.6. The molecule has 2 N–H and O–H groups in total. The van der Waals surface area contributed by atoms with E-state index in [1.807, 2.05) is 13.8 Å². The zero-order valence-corrected chi connectivity index (χ0v) is 10.5. The maximum absolute atomic E-state index is 11.4. The molecule has 6 heteroatoms. The molecule has 0 aliphatic rings. The van der Waals surface area contributed by atoms with Crippen LogP contribution in [0, 0.1) is 11.8 Å². The number of carbonyl (C=O) groups is 1. The van der Waals surface area contributed by atoms with Gasteiger partial charge < -0.3 is 9.84 Å². The van der Waals surface area contributed by atoms with Crippen LogP contribution in [0.1, 0.15) is 18.7 Å². The number of nitrogens with zero attached hydrogens (tertiary/aromatic N) is 1. The smallest absolute Gasteiger partial charge is 0.252 e. The zero-order chi connectivity index (χ0) is 12.7. The first-order valence-electron chi connectivity index (χ1n) is 5.09. The fourth-order valence-corrected chi connectivity index (χ4v) is 1.62. The minimum atomic E-state index is -0.241. The lowest BCUT2D eigenvalue weighted by molar-refractivity contribution is -0.121. The van der Waals surface area contributed by atoms with Crippen molar-refractivity contribution in [1.82, 2.24) is 4.98 Å². The molecule has 1 amide bonds. The first-order chi connectivity index (χ1) is 8.11. The molecular formula is C11H14N2O3S. The van der Waals surface area contributed by atoms with E-state index in [-0.39, 0.29) is 25.2 Å². The van der Waals surface area contributed by atoms with Crippen molar-refractivity contribution in [3.05, 3.63) is 11.1 Å². The standard InChI is InChI=1S/C11H14N2O3S/c1-8(2)16-7-10(15)13-11-12-6-9(17-11)4-3-5-14/h6,8,14H,5,7H2,1-2H3,(H,12,13,15). The molecule has 1 aromatic heterocycles. The molecule has 0 spiro atoms. The van der Waals surface area contributed by atoms with Crippen molar-refractivity contribution in [3.8, 4) is 11.8 Å². The summed E-state index contributed by atoms with van der Waals surface area (Å²) in [5, 5.41) is 11.6. The average molecular weight is 254 g/mol. The van der Waals surface area contributed by atoms with Gasteiger partial charge in [-0.3, -0.25) is 10.1 Å². The molecule has 0 fully saturated rings. The van der Waals surface area contributed by atoms with E-state index in [2.05, 4.69) is 22.1 Å². The highest BCUT2D eigenvalue weighted by atomic mass is 32.1. The largest absolute Gasteiger partial charge is 0.384 e. The van der Waals surface area contributed by atoms with Gasteiger partial charge in [0.1, 0.15) is 13.2 Å². The summed E-state index contributed by atoms with van der Waals surface area (Å²) in [6.45, 7) is 3.54. The maximum atomic E-state index is 11.4. The van der Waals surface area contributed by atoms with Crippen LogP contribution in [0.3, 0.4) is 0 Å². The van der Waals surface area contributed by atoms with Crippen LogP contribution in [0.5, 0.6) is 0 Å². The number of thiazole rings is 1. The Balaban J connectivity index is 2.46. The van der Waals surface area contributed by atoms with Crippen molar-refractivity contribution in [2.45, 2.75) is 20.0 Å². The minimum absolute atomic E-state index is 0.00883. The molecule has 0 aliphatic heterocycles. The molecule has 0 aromatic carbocycles. The Morgan fingerprint density at radius 3 is 3.12 bits per heavy atom. The number of aromatic nitrogens is 1. The van der Waals surface area contributed by atoms with Crippen LogP contribution in [0.4, 0.5) is 5.13 Å². The number of hydrogen-bond acceptors (Lipinski definition) is 5. The van der Waals surface area contributed by atoms with Crippen molar-refractivity contribution < 1.29 is 14.6 Å². The Hall–Kier alpha value is -1.42. The van der Waals surface area contributed by atoms with Gasteiger partial charge in [0.15, 0.2) is 5.13 Å². The van der Waals surface area contributed by atoms with Crippen LogP contribution in [0.2, 0.25) is 0 Å². The number of aliphatic hydroxyl groups is 1. The van der Waals surface area contributed by atoms with E-state index >= 15 is 0 Å². The van der Waals surface area contributed by atoms with Gasteiger partial charge in [-0.05, 0) is 13.8 Å². The van der Waals surface area contributed by atoms with E-state index in [0.29, 0.717) is 10.0 Å². The fraction of sp³-hybridized carbons (Fsp3) is 0.455. The number of rotatable bonds is 4. The molecule has 5 nitrogen and oxygen atoms in total. The molecule has 0 bridgehead atoms. The van der Waals surface area contributed by atoms with Crippen LogP contribution in [0.15, 0.2) is 6.20 Å². The van der Waals surface area contributed by atoms with Crippen LogP contribution in [-0.4, -0.2) is 35.3 Å². The Morgan fingerprint density at radius 2 is 2.47 bits per heavy atom. The first-order valence-corrected chi connectivity index (χ1v) is 5.90. The third kappa shape index (κ3) is 5.45. The Kier molecular flexibility index (Phi) is 5.63. The van der Waals surface area contributed by atoms with Crippen molar-refractivity contribution in [1.29, 1.82) is 0 Å². The van der Waals surface area contributed by atoms with Gasteiger partial charge in [-0.2, -0.15) is 0 Å². The zero-order valence-electron chi connectivity index (χ0n) is 9.69. The van der Waals surface area contributed by atoms with Gasteiger partial charge in [0.25, 0.3) is 5.91 Å². The Labute approximate surface area is 104 Å². The van der Waals surface area contributed by atoms with Crippen molar-refractivity contribution in [2.75, 3.05) is 18.5 Å². The van der Waals surface area contributed by atoms with E-state index < -0.39 is 0 Å². The van der Waals surface area contributed by atoms with Crippen LogP contribution >= 0.6 is 11.3 Å². The lowest BCUT2D eigenvalue weighted by Crippen LogP contribution is -2.20. The second-order valence-electron chi connectivity index (χ2n) is 3.40. The number of ether oxygens (including phenoxy) is 1. The summed E-state index contributed by atoms with van der Waals surface area (Å²) < 4.78 is 5.15. The number of hydrogen-bond donors (Lipinski definition) is 2. The maximum Gasteiger partial charge on any atom is 0.252 e. The Morgan fingerprint density at radius 1 is 1.71 bits per heavy atom. The van der Waals surface area contributed by atoms with Gasteiger partial charge in [-0.15, -0.1) is 0 Å². The highest BCUT2D eigenvalue weighted by Crippen LogP contribution is 2.16. The van der Waals surface area contributed by atoms with Gasteiger partial charge in [0.2, 0.25) is 0 Å². The monoisotopic (exact) mass is 254 g/mol. The number of aliphatic hydroxyl groups excluding tert-OH is 1. The highest BCUT2D eigenvalue weighted by Gasteiger charge is 2.06. The molecule has 92 valence electrons. The van der Waals surface area contributed by atoms with E-state index in [4.69, 9.17) is 9.84 Å². The summed E-state index contributed by atoms with van der Waals surface area (Å²) in [5.74, 6) is 4.98. The van der Waals surface area contributed by atoms with E-state index in [1.165, 1.54) is 11.3 Å². The lowest BCUT2D eigenvalue weighted by Gasteiger charge is -2.06. The topological polar surface area (TPSA) is 71.5 Å². The van der Waals surface area contributed by atoms with Gasteiger partial charge in [0, 0.05) is 0 Å². The average Bonchev–Trinajstić information content (AvgIpc) is 2.71. The number of carbonyl (C=O) groups excluding carboxylic acids is 1. The van der Waals surface area contributed by atoms with Crippen molar-refractivity contribution >= 4 is 22.4 Å².